The number of ether oxygens (including phenoxy) is 1. The fraction of sp³-hybridized carbons (Fsp3) is 0.143. The zero-order chi connectivity index (χ0) is 17.0. The lowest BCUT2D eigenvalue weighted by atomic mass is 10.2. The van der Waals surface area contributed by atoms with Gasteiger partial charge in [-0.25, -0.2) is 4.79 Å². The molecule has 0 atom stereocenters. The van der Waals surface area contributed by atoms with E-state index in [9.17, 15) is 19.7 Å². The maximum Gasteiger partial charge on any atom is 0.341 e. The number of benzene rings is 1. The Morgan fingerprint density at radius 3 is 2.78 bits per heavy atom. The van der Waals surface area contributed by atoms with Crippen LogP contribution in [0, 0.1) is 10.1 Å². The smallest absolute Gasteiger partial charge is 0.341 e. The Balaban J connectivity index is 2.24. The van der Waals surface area contributed by atoms with E-state index in [2.05, 4.69) is 5.32 Å². The second-order valence-electron chi connectivity index (χ2n) is 4.26. The van der Waals surface area contributed by atoms with Crippen LogP contribution >= 0.6 is 22.9 Å². The number of carbonyl (C=O) groups is 2. The highest BCUT2D eigenvalue weighted by molar-refractivity contribution is 7.14. The molecular formula is C14H11ClN2O5S. The molecule has 1 aromatic heterocycles. The van der Waals surface area contributed by atoms with Crippen molar-refractivity contribution in [1.82, 2.24) is 0 Å². The van der Waals surface area contributed by atoms with Gasteiger partial charge in [0.1, 0.15) is 10.0 Å². The molecule has 1 N–H and O–H groups in total. The Kier molecular flexibility index (Phi) is 5.30. The fourth-order valence-electron chi connectivity index (χ4n) is 1.74. The second-order valence-corrected chi connectivity index (χ2v) is 5.58. The minimum Gasteiger partial charge on any atom is -0.462 e. The molecule has 2 rings (SSSR count). The molecule has 0 radical (unpaired) electrons. The monoisotopic (exact) mass is 354 g/mol. The van der Waals surface area contributed by atoms with Gasteiger partial charge >= 0.3 is 5.97 Å². The Bertz CT molecular complexity index is 774. The van der Waals surface area contributed by atoms with Crippen molar-refractivity contribution in [1.29, 1.82) is 0 Å². The molecule has 1 aromatic carbocycles. The summed E-state index contributed by atoms with van der Waals surface area (Å²) in [5.74, 6) is -1.14. The summed E-state index contributed by atoms with van der Waals surface area (Å²) in [6.07, 6.45) is 0. The lowest BCUT2D eigenvalue weighted by molar-refractivity contribution is -0.384. The number of halogens is 1. The topological polar surface area (TPSA) is 98.5 Å². The fourth-order valence-corrected chi connectivity index (χ4v) is 2.70. The minimum atomic E-state index is -0.672. The van der Waals surface area contributed by atoms with Gasteiger partial charge in [-0.2, -0.15) is 0 Å². The predicted molar refractivity (Wildman–Crippen MR) is 86.3 cm³/mol. The van der Waals surface area contributed by atoms with E-state index in [0.29, 0.717) is 5.00 Å². The molecule has 0 bridgehead atoms. The molecule has 7 nitrogen and oxygen atoms in total. The number of nitrogens with one attached hydrogen (secondary N) is 1. The van der Waals surface area contributed by atoms with Gasteiger partial charge < -0.3 is 10.1 Å². The first-order valence-corrected chi connectivity index (χ1v) is 7.69. The van der Waals surface area contributed by atoms with Crippen LogP contribution in [0.1, 0.15) is 27.6 Å². The maximum atomic E-state index is 12.2. The number of nitro groups is 1. The van der Waals surface area contributed by atoms with Gasteiger partial charge in [0.2, 0.25) is 0 Å². The van der Waals surface area contributed by atoms with Gasteiger partial charge in [-0.15, -0.1) is 11.3 Å². The van der Waals surface area contributed by atoms with Gasteiger partial charge in [0.05, 0.1) is 17.1 Å². The maximum absolute atomic E-state index is 12.2. The molecule has 0 aliphatic rings. The van der Waals surface area contributed by atoms with Gasteiger partial charge in [-0.3, -0.25) is 14.9 Å². The zero-order valence-corrected chi connectivity index (χ0v) is 13.4. The number of hydrogen-bond donors (Lipinski definition) is 1. The largest absolute Gasteiger partial charge is 0.462 e. The summed E-state index contributed by atoms with van der Waals surface area (Å²) in [4.78, 5) is 34.2. The van der Waals surface area contributed by atoms with E-state index in [1.54, 1.807) is 12.3 Å². The third-order valence-corrected chi connectivity index (χ3v) is 3.94. The van der Waals surface area contributed by atoms with Crippen LogP contribution < -0.4 is 5.32 Å². The lowest BCUT2D eigenvalue weighted by Crippen LogP contribution is -2.14. The molecule has 0 aliphatic heterocycles. The molecule has 0 unspecified atom stereocenters. The number of rotatable bonds is 5. The first kappa shape index (κ1) is 16.9. The van der Waals surface area contributed by atoms with Crippen LogP contribution in [-0.2, 0) is 4.74 Å². The Hall–Kier alpha value is -2.45. The zero-order valence-electron chi connectivity index (χ0n) is 11.9. The quantitative estimate of drug-likeness (QED) is 0.501. The molecule has 0 spiro atoms. The van der Waals surface area contributed by atoms with E-state index < -0.39 is 16.8 Å². The van der Waals surface area contributed by atoms with Crippen LogP contribution in [0.4, 0.5) is 10.7 Å². The second kappa shape index (κ2) is 7.21. The van der Waals surface area contributed by atoms with Crippen molar-refractivity contribution in [3.63, 3.8) is 0 Å². The number of carbonyl (C=O) groups excluding carboxylic acids is 2. The first-order valence-electron chi connectivity index (χ1n) is 6.44. The molecular weight excluding hydrogens is 344 g/mol. The molecule has 120 valence electrons. The summed E-state index contributed by atoms with van der Waals surface area (Å²) in [7, 11) is 0. The highest BCUT2D eigenvalue weighted by Crippen LogP contribution is 2.27. The van der Waals surface area contributed by atoms with E-state index in [1.165, 1.54) is 18.2 Å². The number of esters is 1. The molecule has 0 saturated heterocycles. The van der Waals surface area contributed by atoms with E-state index >= 15 is 0 Å². The third-order valence-electron chi connectivity index (χ3n) is 2.79. The van der Waals surface area contributed by atoms with Crippen molar-refractivity contribution in [2.75, 3.05) is 11.9 Å². The van der Waals surface area contributed by atoms with Crippen LogP contribution in [0.2, 0.25) is 5.02 Å². The molecule has 0 aliphatic carbocycles. The molecule has 23 heavy (non-hydrogen) atoms. The first-order chi connectivity index (χ1) is 10.9. The van der Waals surface area contributed by atoms with Gasteiger partial charge in [0.15, 0.2) is 0 Å². The molecule has 0 fully saturated rings. The van der Waals surface area contributed by atoms with Crippen molar-refractivity contribution in [3.8, 4) is 0 Å². The highest BCUT2D eigenvalue weighted by atomic mass is 35.5. The minimum absolute atomic E-state index is 0.0595. The van der Waals surface area contributed by atoms with E-state index in [1.807, 2.05) is 0 Å². The molecule has 1 heterocycles. The number of nitrogens with zero attached hydrogens (tertiary/aromatic N) is 1. The summed E-state index contributed by atoms with van der Waals surface area (Å²) in [6, 6.07) is 5.25. The number of nitro benzene ring substituents is 1. The summed E-state index contributed by atoms with van der Waals surface area (Å²) >= 11 is 6.86. The number of thiophene rings is 1. The van der Waals surface area contributed by atoms with Crippen molar-refractivity contribution in [2.45, 2.75) is 6.92 Å². The van der Waals surface area contributed by atoms with Gasteiger partial charge in [-0.05, 0) is 30.5 Å². The average molecular weight is 355 g/mol. The number of hydrogen-bond acceptors (Lipinski definition) is 6. The average Bonchev–Trinajstić information content (AvgIpc) is 2.95. The number of amides is 1. The molecule has 0 saturated carbocycles. The van der Waals surface area contributed by atoms with Gasteiger partial charge in [0.25, 0.3) is 11.6 Å². The third kappa shape index (κ3) is 3.85. The van der Waals surface area contributed by atoms with Crippen molar-refractivity contribution in [2.24, 2.45) is 0 Å². The molecule has 1 amide bonds. The molecule has 9 heteroatoms. The summed E-state index contributed by atoms with van der Waals surface area (Å²) in [5.41, 5.74) is -0.0749. The van der Waals surface area contributed by atoms with Gasteiger partial charge in [0, 0.05) is 11.6 Å². The Labute approximate surface area is 140 Å². The van der Waals surface area contributed by atoms with Crippen molar-refractivity contribution >= 4 is 45.5 Å². The predicted octanol–water partition coefficient (Wildman–Crippen LogP) is 3.74. The number of anilines is 1. The molecule has 2 aromatic rings. The SMILES string of the molecule is CCOC(=O)c1ccsc1NC(=O)c1ccc(Cl)c([N+](=O)[O-])c1. The van der Waals surface area contributed by atoms with Gasteiger partial charge in [-0.1, -0.05) is 11.6 Å². The van der Waals surface area contributed by atoms with E-state index in [4.69, 9.17) is 16.3 Å². The lowest BCUT2D eigenvalue weighted by Gasteiger charge is -2.06. The van der Waals surface area contributed by atoms with Crippen LogP contribution in [0.15, 0.2) is 29.6 Å². The van der Waals surface area contributed by atoms with E-state index in [0.717, 1.165) is 17.4 Å². The summed E-state index contributed by atoms with van der Waals surface area (Å²) in [6.45, 7) is 1.89. The van der Waals surface area contributed by atoms with E-state index in [-0.39, 0.29) is 28.4 Å². The summed E-state index contributed by atoms with van der Waals surface area (Å²) < 4.78 is 4.89. The summed E-state index contributed by atoms with van der Waals surface area (Å²) in [5, 5.41) is 15.3. The highest BCUT2D eigenvalue weighted by Gasteiger charge is 2.19. The van der Waals surface area contributed by atoms with Crippen molar-refractivity contribution < 1.29 is 19.2 Å². The standard InChI is InChI=1S/C14H11ClN2O5S/c1-2-22-14(19)9-5-6-23-13(9)16-12(18)8-3-4-10(15)11(7-8)17(20)21/h3-7H,2H2,1H3,(H,16,18). The van der Waals surface area contributed by atoms with Crippen LogP contribution in [0.5, 0.6) is 0 Å². The van der Waals surface area contributed by atoms with Crippen LogP contribution in [0.3, 0.4) is 0 Å². The normalized spacial score (nSPS) is 10.2. The van der Waals surface area contributed by atoms with Crippen molar-refractivity contribution in [3.05, 3.63) is 55.9 Å². The van der Waals surface area contributed by atoms with Crippen LogP contribution in [0.25, 0.3) is 0 Å². The Morgan fingerprint density at radius 1 is 1.39 bits per heavy atom. The Morgan fingerprint density at radius 2 is 2.13 bits per heavy atom. The van der Waals surface area contributed by atoms with Crippen LogP contribution in [-0.4, -0.2) is 23.4 Å².